The van der Waals surface area contributed by atoms with Crippen LogP contribution in [0.4, 0.5) is 0 Å². The van der Waals surface area contributed by atoms with Crippen LogP contribution < -0.4 is 0 Å². The minimum absolute atomic E-state index is 0.0151. The third kappa shape index (κ3) is 4.75. The molecule has 11 heteroatoms. The van der Waals surface area contributed by atoms with Crippen molar-refractivity contribution in [1.82, 2.24) is 15.0 Å². The summed E-state index contributed by atoms with van der Waals surface area (Å²) in [7, 11) is -3.72. The van der Waals surface area contributed by atoms with Crippen LogP contribution in [0.2, 0.25) is 0 Å². The monoisotopic (exact) mass is 483 g/mol. The van der Waals surface area contributed by atoms with Gasteiger partial charge in [0.15, 0.2) is 38.4 Å². The number of hydrogen-bond donors (Lipinski definition) is 3. The topological polar surface area (TPSA) is 151 Å². The normalized spacial score (nSPS) is 12.4. The Morgan fingerprint density at radius 3 is 1.70 bits per heavy atom. The number of phenols is 2. The first kappa shape index (κ1) is 22.5. The largest absolute Gasteiger partial charge is 0.507 e. The summed E-state index contributed by atoms with van der Waals surface area (Å²) >= 11 is -2.46. The molecule has 1 atom stereocenters. The SMILES string of the molecule is CS(=O)(=O)c1cc(-c2nc(-c3ccccc3O)nc(-c3ccccc3O)n2)cc(S(=O)O)c1. The van der Waals surface area contributed by atoms with Crippen LogP contribution in [0.3, 0.4) is 0 Å². The highest BCUT2D eigenvalue weighted by Gasteiger charge is 2.19. The second kappa shape index (κ2) is 8.70. The molecule has 0 fully saturated rings. The maximum Gasteiger partial charge on any atom is 0.186 e. The van der Waals surface area contributed by atoms with Crippen molar-refractivity contribution in [3.05, 3.63) is 66.7 Å². The fraction of sp³-hybridized carbons (Fsp3) is 0.0455. The molecule has 9 nitrogen and oxygen atoms in total. The minimum Gasteiger partial charge on any atom is -0.507 e. The van der Waals surface area contributed by atoms with Gasteiger partial charge >= 0.3 is 0 Å². The van der Waals surface area contributed by atoms with Gasteiger partial charge in [-0.3, -0.25) is 0 Å². The Bertz CT molecular complexity index is 1440. The van der Waals surface area contributed by atoms with Gasteiger partial charge in [-0.25, -0.2) is 27.6 Å². The van der Waals surface area contributed by atoms with Crippen molar-refractivity contribution in [1.29, 1.82) is 0 Å². The van der Waals surface area contributed by atoms with E-state index in [1.165, 1.54) is 24.3 Å². The van der Waals surface area contributed by atoms with Crippen molar-refractivity contribution in [2.24, 2.45) is 0 Å². The zero-order chi connectivity index (χ0) is 23.8. The molecule has 4 rings (SSSR count). The highest BCUT2D eigenvalue weighted by Crippen LogP contribution is 2.33. The number of benzene rings is 3. The van der Waals surface area contributed by atoms with Gasteiger partial charge in [0.25, 0.3) is 0 Å². The maximum absolute atomic E-state index is 12.2. The molecule has 168 valence electrons. The van der Waals surface area contributed by atoms with E-state index in [0.717, 1.165) is 12.3 Å². The Balaban J connectivity index is 2.03. The lowest BCUT2D eigenvalue weighted by atomic mass is 10.1. The molecule has 0 radical (unpaired) electrons. The molecule has 1 heterocycles. The Morgan fingerprint density at radius 1 is 0.758 bits per heavy atom. The van der Waals surface area contributed by atoms with Crippen LogP contribution in [0.15, 0.2) is 76.5 Å². The number of sulfone groups is 1. The van der Waals surface area contributed by atoms with Crippen molar-refractivity contribution < 1.29 is 27.4 Å². The van der Waals surface area contributed by atoms with Gasteiger partial charge in [-0.15, -0.1) is 0 Å². The Morgan fingerprint density at radius 2 is 1.24 bits per heavy atom. The third-order valence-corrected chi connectivity index (χ3v) is 6.42. The predicted molar refractivity (Wildman–Crippen MR) is 122 cm³/mol. The lowest BCUT2D eigenvalue weighted by Gasteiger charge is -2.11. The van der Waals surface area contributed by atoms with Gasteiger partial charge in [0.1, 0.15) is 11.5 Å². The van der Waals surface area contributed by atoms with E-state index >= 15 is 0 Å². The number of aromatic nitrogens is 3. The number of hydrogen-bond acceptors (Lipinski definition) is 8. The number of nitrogens with zero attached hydrogens (tertiary/aromatic N) is 3. The maximum atomic E-state index is 12.2. The summed E-state index contributed by atoms with van der Waals surface area (Å²) in [5.74, 6) is -0.0842. The molecule has 0 spiro atoms. The van der Waals surface area contributed by atoms with E-state index in [0.29, 0.717) is 0 Å². The van der Waals surface area contributed by atoms with Crippen molar-refractivity contribution in [2.45, 2.75) is 9.79 Å². The highest BCUT2D eigenvalue weighted by atomic mass is 32.2. The van der Waals surface area contributed by atoms with Crippen LogP contribution in [-0.4, -0.2) is 48.6 Å². The molecule has 0 amide bonds. The Hall–Kier alpha value is -3.67. The van der Waals surface area contributed by atoms with Crippen LogP contribution in [-0.2, 0) is 20.9 Å². The van der Waals surface area contributed by atoms with E-state index in [4.69, 9.17) is 0 Å². The number of para-hydroxylation sites is 2. The van der Waals surface area contributed by atoms with Gasteiger partial charge in [0.2, 0.25) is 0 Å². The lowest BCUT2D eigenvalue weighted by molar-refractivity contribution is 0.477. The first-order chi connectivity index (χ1) is 15.6. The van der Waals surface area contributed by atoms with E-state index in [1.807, 2.05) is 0 Å². The molecule has 3 aromatic carbocycles. The number of aromatic hydroxyl groups is 2. The van der Waals surface area contributed by atoms with E-state index in [1.54, 1.807) is 36.4 Å². The standard InChI is InChI=1S/C22H17N3O6S2/c1-33(30,31)15-11-13(10-14(12-15)32(28)29)20-23-21(16-6-2-4-8-18(16)26)25-22(24-20)17-7-3-5-9-19(17)27/h2-12,26-27H,1H3,(H,28,29). The third-order valence-electron chi connectivity index (χ3n) is 4.69. The van der Waals surface area contributed by atoms with Gasteiger partial charge in [0.05, 0.1) is 20.9 Å². The summed E-state index contributed by atoms with van der Waals surface area (Å²) in [6.45, 7) is 0. The van der Waals surface area contributed by atoms with Gasteiger partial charge in [0, 0.05) is 11.8 Å². The highest BCUT2D eigenvalue weighted by molar-refractivity contribution is 7.90. The zero-order valence-corrected chi connectivity index (χ0v) is 18.7. The van der Waals surface area contributed by atoms with Crippen LogP contribution >= 0.6 is 0 Å². The van der Waals surface area contributed by atoms with Gasteiger partial charge in [-0.05, 0) is 42.5 Å². The Labute approximate surface area is 191 Å². The van der Waals surface area contributed by atoms with Gasteiger partial charge < -0.3 is 14.8 Å². The Kier molecular flexibility index (Phi) is 5.93. The molecule has 3 N–H and O–H groups in total. The average Bonchev–Trinajstić information content (AvgIpc) is 2.78. The number of rotatable bonds is 5. The fourth-order valence-electron chi connectivity index (χ4n) is 3.09. The molecule has 0 aliphatic heterocycles. The smallest absolute Gasteiger partial charge is 0.186 e. The van der Waals surface area contributed by atoms with E-state index in [2.05, 4.69) is 15.0 Å². The van der Waals surface area contributed by atoms with Gasteiger partial charge in [-0.2, -0.15) is 0 Å². The molecule has 0 aliphatic carbocycles. The van der Waals surface area contributed by atoms with Crippen LogP contribution in [0, 0.1) is 0 Å². The molecule has 4 aromatic rings. The van der Waals surface area contributed by atoms with Crippen LogP contribution in [0.25, 0.3) is 34.2 Å². The first-order valence-corrected chi connectivity index (χ1v) is 12.4. The number of phenolic OH excluding ortho intramolecular Hbond substituents is 2. The summed E-state index contributed by atoms with van der Waals surface area (Å²) in [6.07, 6.45) is 0.977. The predicted octanol–water partition coefficient (Wildman–Crippen LogP) is 3.27. The summed E-state index contributed by atoms with van der Waals surface area (Å²) < 4.78 is 45.6. The zero-order valence-electron chi connectivity index (χ0n) is 17.1. The fourth-order valence-corrected chi connectivity index (χ4v) is 4.30. The summed E-state index contributed by atoms with van der Waals surface area (Å²) in [6, 6.07) is 16.4. The minimum atomic E-state index is -3.72. The first-order valence-electron chi connectivity index (χ1n) is 9.42. The van der Waals surface area contributed by atoms with Crippen LogP contribution in [0.5, 0.6) is 11.5 Å². The van der Waals surface area contributed by atoms with Crippen molar-refractivity contribution in [3.63, 3.8) is 0 Å². The van der Waals surface area contributed by atoms with E-state index in [-0.39, 0.29) is 55.5 Å². The van der Waals surface area contributed by atoms with Gasteiger partial charge in [-0.1, -0.05) is 24.3 Å². The van der Waals surface area contributed by atoms with Crippen molar-refractivity contribution in [2.75, 3.05) is 6.26 Å². The van der Waals surface area contributed by atoms with E-state index in [9.17, 15) is 27.4 Å². The summed E-state index contributed by atoms with van der Waals surface area (Å²) in [5, 5.41) is 20.6. The molecule has 1 unspecified atom stereocenters. The molecular formula is C22H17N3O6S2. The van der Waals surface area contributed by atoms with Crippen molar-refractivity contribution in [3.8, 4) is 45.7 Å². The van der Waals surface area contributed by atoms with Crippen molar-refractivity contribution >= 4 is 20.9 Å². The molecule has 0 saturated carbocycles. The molecule has 33 heavy (non-hydrogen) atoms. The molecule has 0 saturated heterocycles. The molecule has 0 aliphatic rings. The van der Waals surface area contributed by atoms with E-state index < -0.39 is 20.9 Å². The van der Waals surface area contributed by atoms with Crippen LogP contribution in [0.1, 0.15) is 0 Å². The quantitative estimate of drug-likeness (QED) is 0.363. The second-order valence-electron chi connectivity index (χ2n) is 7.05. The summed E-state index contributed by atoms with van der Waals surface area (Å²) in [4.78, 5) is 12.8. The lowest BCUT2D eigenvalue weighted by Crippen LogP contribution is -2.04. The second-order valence-corrected chi connectivity index (χ2v) is 10.0. The summed E-state index contributed by atoms with van der Waals surface area (Å²) in [5.41, 5.74) is 0.706. The molecular weight excluding hydrogens is 466 g/mol. The molecule has 1 aromatic heterocycles. The molecule has 0 bridgehead atoms. The average molecular weight is 484 g/mol.